The van der Waals surface area contributed by atoms with Gasteiger partial charge in [-0.25, -0.2) is 8.78 Å². The van der Waals surface area contributed by atoms with Gasteiger partial charge in [-0.1, -0.05) is 39.2 Å². The van der Waals surface area contributed by atoms with Gasteiger partial charge in [-0.2, -0.15) is 0 Å². The average molecular weight is 338 g/mol. The largest absolute Gasteiger partial charge is 0.352 e. The lowest BCUT2D eigenvalue weighted by Gasteiger charge is -2.27. The monoisotopic (exact) mass is 338 g/mol. The van der Waals surface area contributed by atoms with Crippen LogP contribution in [0, 0.1) is 17.6 Å². The van der Waals surface area contributed by atoms with E-state index in [-0.39, 0.29) is 17.9 Å². The smallest absolute Gasteiger partial charge is 0.257 e. The Labute approximate surface area is 141 Å². The first-order valence-corrected chi connectivity index (χ1v) is 8.45. The molecule has 0 unspecified atom stereocenters. The van der Waals surface area contributed by atoms with Gasteiger partial charge in [-0.05, 0) is 30.9 Å². The highest BCUT2D eigenvalue weighted by molar-refractivity contribution is 5.98. The molecule has 0 spiro atoms. The highest BCUT2D eigenvalue weighted by atomic mass is 19.1. The second-order valence-corrected chi connectivity index (χ2v) is 6.64. The van der Waals surface area contributed by atoms with Crippen molar-refractivity contribution in [3.05, 3.63) is 35.4 Å². The van der Waals surface area contributed by atoms with Gasteiger partial charge in [0.1, 0.15) is 23.2 Å². The molecule has 24 heavy (non-hydrogen) atoms. The highest BCUT2D eigenvalue weighted by Gasteiger charge is 2.28. The van der Waals surface area contributed by atoms with E-state index in [0.717, 1.165) is 37.8 Å². The van der Waals surface area contributed by atoms with Crippen molar-refractivity contribution in [2.75, 3.05) is 0 Å². The maximum atomic E-state index is 13.7. The van der Waals surface area contributed by atoms with Crippen LogP contribution >= 0.6 is 0 Å². The van der Waals surface area contributed by atoms with E-state index in [9.17, 15) is 18.4 Å². The molecule has 0 heterocycles. The van der Waals surface area contributed by atoms with Crippen LogP contribution in [-0.2, 0) is 4.79 Å². The molecule has 0 bridgehead atoms. The van der Waals surface area contributed by atoms with Crippen molar-refractivity contribution in [3.63, 3.8) is 0 Å². The van der Waals surface area contributed by atoms with Gasteiger partial charge in [-0.15, -0.1) is 0 Å². The number of carbonyl (C=O) groups excluding carboxylic acids is 2. The summed E-state index contributed by atoms with van der Waals surface area (Å²) in [5, 5.41) is 5.42. The summed E-state index contributed by atoms with van der Waals surface area (Å²) in [5.41, 5.74) is -0.659. The van der Waals surface area contributed by atoms with Gasteiger partial charge in [0.15, 0.2) is 0 Å². The molecule has 132 valence electrons. The number of nitrogens with one attached hydrogen (secondary N) is 2. The molecule has 0 radical (unpaired) electrons. The molecule has 1 aromatic carbocycles. The SMILES string of the molecule is CC(C)[C@@H](NC(=O)c1c(F)cccc1F)C(=O)NC1CCCCC1. The van der Waals surface area contributed by atoms with Crippen LogP contribution in [0.2, 0.25) is 0 Å². The van der Waals surface area contributed by atoms with Gasteiger partial charge < -0.3 is 10.6 Å². The maximum absolute atomic E-state index is 13.7. The first-order chi connectivity index (χ1) is 11.4. The zero-order valence-electron chi connectivity index (χ0n) is 14.1. The molecule has 1 saturated carbocycles. The van der Waals surface area contributed by atoms with E-state index in [0.29, 0.717) is 0 Å². The van der Waals surface area contributed by atoms with E-state index in [1.807, 2.05) is 0 Å². The Hall–Kier alpha value is -1.98. The predicted molar refractivity (Wildman–Crippen MR) is 87.5 cm³/mol. The van der Waals surface area contributed by atoms with Crippen molar-refractivity contribution < 1.29 is 18.4 Å². The quantitative estimate of drug-likeness (QED) is 0.866. The van der Waals surface area contributed by atoms with Crippen LogP contribution in [0.4, 0.5) is 8.78 Å². The second-order valence-electron chi connectivity index (χ2n) is 6.64. The number of hydrogen-bond acceptors (Lipinski definition) is 2. The Morgan fingerprint density at radius 2 is 1.67 bits per heavy atom. The Bertz CT molecular complexity index is 578. The van der Waals surface area contributed by atoms with E-state index < -0.39 is 29.1 Å². The Morgan fingerprint density at radius 3 is 2.21 bits per heavy atom. The summed E-state index contributed by atoms with van der Waals surface area (Å²) in [6.07, 6.45) is 5.16. The molecule has 1 aromatic rings. The highest BCUT2D eigenvalue weighted by Crippen LogP contribution is 2.18. The third kappa shape index (κ3) is 4.52. The van der Waals surface area contributed by atoms with E-state index in [1.165, 1.54) is 12.5 Å². The molecule has 1 atom stereocenters. The summed E-state index contributed by atoms with van der Waals surface area (Å²) < 4.78 is 27.4. The van der Waals surface area contributed by atoms with Crippen molar-refractivity contribution in [3.8, 4) is 0 Å². The van der Waals surface area contributed by atoms with Crippen LogP contribution in [0.25, 0.3) is 0 Å². The summed E-state index contributed by atoms with van der Waals surface area (Å²) in [7, 11) is 0. The number of carbonyl (C=O) groups is 2. The lowest BCUT2D eigenvalue weighted by atomic mass is 9.94. The van der Waals surface area contributed by atoms with Crippen LogP contribution in [0.1, 0.15) is 56.3 Å². The Balaban J connectivity index is 2.07. The molecule has 2 amide bonds. The van der Waals surface area contributed by atoms with Gasteiger partial charge in [0.05, 0.1) is 0 Å². The van der Waals surface area contributed by atoms with E-state index >= 15 is 0 Å². The molecular weight excluding hydrogens is 314 g/mol. The fraction of sp³-hybridized carbons (Fsp3) is 0.556. The van der Waals surface area contributed by atoms with Crippen molar-refractivity contribution in [1.82, 2.24) is 10.6 Å². The summed E-state index contributed by atoms with van der Waals surface area (Å²) >= 11 is 0. The summed E-state index contributed by atoms with van der Waals surface area (Å²) in [6.45, 7) is 3.56. The molecular formula is C18H24F2N2O2. The molecule has 0 aromatic heterocycles. The molecule has 0 aliphatic heterocycles. The zero-order valence-corrected chi connectivity index (χ0v) is 14.1. The normalized spacial score (nSPS) is 16.7. The summed E-state index contributed by atoms with van der Waals surface area (Å²) in [4.78, 5) is 24.7. The van der Waals surface area contributed by atoms with Crippen molar-refractivity contribution in [2.45, 2.75) is 58.0 Å². The van der Waals surface area contributed by atoms with Crippen molar-refractivity contribution in [1.29, 1.82) is 0 Å². The topological polar surface area (TPSA) is 58.2 Å². The first kappa shape index (κ1) is 18.4. The van der Waals surface area contributed by atoms with Crippen molar-refractivity contribution in [2.24, 2.45) is 5.92 Å². The van der Waals surface area contributed by atoms with Crippen LogP contribution in [0.3, 0.4) is 0 Å². The molecule has 4 nitrogen and oxygen atoms in total. The van der Waals surface area contributed by atoms with Gasteiger partial charge in [0.2, 0.25) is 5.91 Å². The van der Waals surface area contributed by atoms with Crippen LogP contribution in [-0.4, -0.2) is 23.9 Å². The standard InChI is InChI=1S/C18H24F2N2O2/c1-11(2)16(18(24)21-12-7-4-3-5-8-12)22-17(23)15-13(19)9-6-10-14(15)20/h6,9-12,16H,3-5,7-8H2,1-2H3,(H,21,24)(H,22,23)/t16-/m1/s1. The van der Waals surface area contributed by atoms with Crippen LogP contribution in [0.15, 0.2) is 18.2 Å². The number of benzene rings is 1. The molecule has 2 N–H and O–H groups in total. The third-order valence-electron chi connectivity index (χ3n) is 4.38. The lowest BCUT2D eigenvalue weighted by Crippen LogP contribution is -2.52. The van der Waals surface area contributed by atoms with Gasteiger partial charge in [0, 0.05) is 6.04 Å². The van der Waals surface area contributed by atoms with Gasteiger partial charge in [0.25, 0.3) is 5.91 Å². The number of amides is 2. The number of hydrogen-bond donors (Lipinski definition) is 2. The maximum Gasteiger partial charge on any atom is 0.257 e. The van der Waals surface area contributed by atoms with E-state index in [4.69, 9.17) is 0 Å². The predicted octanol–water partition coefficient (Wildman–Crippen LogP) is 3.17. The molecule has 0 saturated heterocycles. The third-order valence-corrected chi connectivity index (χ3v) is 4.38. The minimum atomic E-state index is -0.942. The van der Waals surface area contributed by atoms with E-state index in [1.54, 1.807) is 13.8 Å². The lowest BCUT2D eigenvalue weighted by molar-refractivity contribution is -0.124. The van der Waals surface area contributed by atoms with Crippen LogP contribution in [0.5, 0.6) is 0 Å². The minimum Gasteiger partial charge on any atom is -0.352 e. The molecule has 1 fully saturated rings. The van der Waals surface area contributed by atoms with Gasteiger partial charge >= 0.3 is 0 Å². The Morgan fingerprint density at radius 1 is 1.08 bits per heavy atom. The molecule has 2 rings (SSSR count). The fourth-order valence-corrected chi connectivity index (χ4v) is 3.00. The average Bonchev–Trinajstić information content (AvgIpc) is 2.53. The first-order valence-electron chi connectivity index (χ1n) is 8.45. The van der Waals surface area contributed by atoms with Crippen molar-refractivity contribution >= 4 is 11.8 Å². The molecule has 6 heteroatoms. The number of rotatable bonds is 5. The Kier molecular flexibility index (Phi) is 6.29. The van der Waals surface area contributed by atoms with Crippen LogP contribution < -0.4 is 10.6 Å². The summed E-state index contributed by atoms with van der Waals surface area (Å²) in [6, 6.07) is 2.50. The van der Waals surface area contributed by atoms with Gasteiger partial charge in [-0.3, -0.25) is 9.59 Å². The summed E-state index contributed by atoms with van der Waals surface area (Å²) in [5.74, 6) is -3.30. The molecule has 1 aliphatic carbocycles. The zero-order chi connectivity index (χ0) is 17.7. The molecule has 1 aliphatic rings. The second kappa shape index (κ2) is 8.22. The fourth-order valence-electron chi connectivity index (χ4n) is 3.00. The van der Waals surface area contributed by atoms with E-state index in [2.05, 4.69) is 10.6 Å². The minimum absolute atomic E-state index is 0.106. The number of halogens is 2.